The fraction of sp³-hybridized carbons (Fsp3) is 0.182. The van der Waals surface area contributed by atoms with Gasteiger partial charge in [0.05, 0.1) is 32.6 Å². The molecule has 0 spiro atoms. The van der Waals surface area contributed by atoms with Crippen molar-refractivity contribution in [3.63, 3.8) is 0 Å². The number of para-hydroxylation sites is 1. The molecule has 7 nitrogen and oxygen atoms in total. The lowest BCUT2D eigenvalue weighted by atomic mass is 10.2. The molecule has 3 aromatic rings. The van der Waals surface area contributed by atoms with E-state index in [1.54, 1.807) is 56.7 Å². The maximum Gasteiger partial charge on any atom is 0.262 e. The maximum absolute atomic E-state index is 13.1. The number of nitrogens with one attached hydrogen (secondary N) is 1. The molecule has 148 valence electrons. The number of nitrogens with zero attached hydrogens (tertiary/aromatic N) is 2. The lowest BCUT2D eigenvalue weighted by molar-refractivity contribution is 0.0993. The third-order valence-corrected chi connectivity index (χ3v) is 4.81. The predicted octanol–water partition coefficient (Wildman–Crippen LogP) is 3.88. The molecule has 0 saturated carbocycles. The highest BCUT2D eigenvalue weighted by molar-refractivity contribution is 6.11. The number of ether oxygens (including phenoxy) is 3. The summed E-state index contributed by atoms with van der Waals surface area (Å²) in [7, 11) is 4.68. The van der Waals surface area contributed by atoms with Gasteiger partial charge in [-0.2, -0.15) is 0 Å². The van der Waals surface area contributed by atoms with E-state index < -0.39 is 6.17 Å². The zero-order valence-electron chi connectivity index (χ0n) is 16.4. The molecule has 1 atom stereocenters. The number of pyridine rings is 1. The summed E-state index contributed by atoms with van der Waals surface area (Å²) in [6.45, 7) is 0. The first-order chi connectivity index (χ1) is 14.2. The second-order valence-corrected chi connectivity index (χ2v) is 6.41. The highest BCUT2D eigenvalue weighted by atomic mass is 16.5. The lowest BCUT2D eigenvalue weighted by Gasteiger charge is -2.27. The fourth-order valence-electron chi connectivity index (χ4n) is 3.50. The fourth-order valence-corrected chi connectivity index (χ4v) is 3.50. The van der Waals surface area contributed by atoms with Crippen molar-refractivity contribution >= 4 is 17.3 Å². The number of benzene rings is 2. The summed E-state index contributed by atoms with van der Waals surface area (Å²) in [5.41, 5.74) is 2.72. The minimum absolute atomic E-state index is 0.107. The average Bonchev–Trinajstić information content (AvgIpc) is 3.05. The van der Waals surface area contributed by atoms with Gasteiger partial charge in [0, 0.05) is 29.7 Å². The van der Waals surface area contributed by atoms with Gasteiger partial charge in [0.1, 0.15) is 0 Å². The van der Waals surface area contributed by atoms with Crippen molar-refractivity contribution in [1.29, 1.82) is 0 Å². The molecular weight excluding hydrogens is 370 g/mol. The molecule has 0 aliphatic carbocycles. The van der Waals surface area contributed by atoms with Crippen LogP contribution in [0.2, 0.25) is 0 Å². The van der Waals surface area contributed by atoms with Crippen molar-refractivity contribution < 1.29 is 19.0 Å². The first-order valence-electron chi connectivity index (χ1n) is 9.08. The molecule has 1 N–H and O–H groups in total. The number of amides is 1. The first-order valence-corrected chi connectivity index (χ1v) is 9.08. The number of methoxy groups -OCH3 is 3. The summed E-state index contributed by atoms with van der Waals surface area (Å²) in [6, 6.07) is 16.7. The normalized spacial score (nSPS) is 15.1. The predicted molar refractivity (Wildman–Crippen MR) is 110 cm³/mol. The molecule has 0 saturated heterocycles. The van der Waals surface area contributed by atoms with E-state index >= 15 is 0 Å². The number of rotatable bonds is 6. The third-order valence-electron chi connectivity index (χ3n) is 4.81. The topological polar surface area (TPSA) is 72.9 Å². The van der Waals surface area contributed by atoms with Gasteiger partial charge in [0.25, 0.3) is 5.91 Å². The molecule has 0 fully saturated rings. The number of anilines is 2. The van der Waals surface area contributed by atoms with Crippen molar-refractivity contribution in [3.8, 4) is 17.2 Å². The molecular formula is C22H21N3O4. The molecule has 7 heteroatoms. The molecule has 4 rings (SSSR count). The summed E-state index contributed by atoms with van der Waals surface area (Å²) in [4.78, 5) is 19.3. The second-order valence-electron chi connectivity index (χ2n) is 6.41. The Hall–Kier alpha value is -3.74. The monoisotopic (exact) mass is 391 g/mol. The van der Waals surface area contributed by atoms with E-state index in [-0.39, 0.29) is 5.91 Å². The molecule has 0 radical (unpaired) electrons. The summed E-state index contributed by atoms with van der Waals surface area (Å²) >= 11 is 0. The van der Waals surface area contributed by atoms with Gasteiger partial charge in [-0.1, -0.05) is 18.2 Å². The average molecular weight is 391 g/mol. The molecule has 1 amide bonds. The van der Waals surface area contributed by atoms with Crippen LogP contribution < -0.4 is 24.4 Å². The number of hydrogen-bond donors (Lipinski definition) is 1. The van der Waals surface area contributed by atoms with Gasteiger partial charge >= 0.3 is 0 Å². The summed E-state index contributed by atoms with van der Waals surface area (Å²) in [6.07, 6.45) is 1.20. The van der Waals surface area contributed by atoms with Gasteiger partial charge < -0.3 is 19.5 Å². The van der Waals surface area contributed by atoms with Crippen LogP contribution >= 0.6 is 0 Å². The Kier molecular flexibility index (Phi) is 4.95. The summed E-state index contributed by atoms with van der Waals surface area (Å²) in [5, 5.41) is 3.40. The Morgan fingerprint density at radius 1 is 0.931 bits per heavy atom. The van der Waals surface area contributed by atoms with Crippen molar-refractivity contribution in [2.24, 2.45) is 0 Å². The number of fused-ring (bicyclic) bond motifs is 1. The third kappa shape index (κ3) is 3.20. The van der Waals surface area contributed by atoms with E-state index in [0.29, 0.717) is 34.2 Å². The molecule has 29 heavy (non-hydrogen) atoms. The highest BCUT2D eigenvalue weighted by Crippen LogP contribution is 2.42. The zero-order valence-corrected chi connectivity index (χ0v) is 16.4. The number of carbonyl (C=O) groups excluding carboxylic acids is 1. The van der Waals surface area contributed by atoms with Gasteiger partial charge in [-0.05, 0) is 24.3 Å². The van der Waals surface area contributed by atoms with E-state index in [4.69, 9.17) is 14.2 Å². The highest BCUT2D eigenvalue weighted by Gasteiger charge is 2.39. The second kappa shape index (κ2) is 7.71. The Bertz CT molecular complexity index is 1010. The van der Waals surface area contributed by atoms with E-state index in [1.165, 1.54) is 0 Å². The van der Waals surface area contributed by atoms with Gasteiger partial charge in [-0.25, -0.2) is 0 Å². The minimum Gasteiger partial charge on any atom is -0.493 e. The Morgan fingerprint density at radius 2 is 1.62 bits per heavy atom. The number of aromatic nitrogens is 1. The maximum atomic E-state index is 13.1. The van der Waals surface area contributed by atoms with Gasteiger partial charge in [0.15, 0.2) is 17.7 Å². The Labute approximate surface area is 168 Å². The SMILES string of the molecule is COc1cc(N[C@H]2c3ncccc3C(=O)N2c2ccccc2)cc(OC)c1OC. The van der Waals surface area contributed by atoms with Crippen molar-refractivity contribution in [2.75, 3.05) is 31.5 Å². The van der Waals surface area contributed by atoms with E-state index in [0.717, 1.165) is 5.69 Å². The lowest BCUT2D eigenvalue weighted by Crippen LogP contribution is -2.32. The standard InChI is InChI=1S/C22H21N3O4/c1-27-17-12-14(13-18(28-2)20(17)29-3)24-21-19-16(10-7-11-23-19)22(26)25(21)15-8-5-4-6-9-15/h4-13,21,24H,1-3H3/t21-/m1/s1. The quantitative estimate of drug-likeness (QED) is 0.688. The van der Waals surface area contributed by atoms with Crippen LogP contribution in [0.1, 0.15) is 22.2 Å². The minimum atomic E-state index is -0.482. The van der Waals surface area contributed by atoms with Gasteiger partial charge in [-0.15, -0.1) is 0 Å². The zero-order chi connectivity index (χ0) is 20.4. The van der Waals surface area contributed by atoms with Crippen LogP contribution in [-0.4, -0.2) is 32.2 Å². The van der Waals surface area contributed by atoms with Crippen LogP contribution in [0.4, 0.5) is 11.4 Å². The van der Waals surface area contributed by atoms with Crippen LogP contribution in [0.25, 0.3) is 0 Å². The van der Waals surface area contributed by atoms with Gasteiger partial charge in [-0.3, -0.25) is 14.7 Å². The molecule has 2 aromatic carbocycles. The Morgan fingerprint density at radius 3 is 2.24 bits per heavy atom. The summed E-state index contributed by atoms with van der Waals surface area (Å²) in [5.74, 6) is 1.43. The van der Waals surface area contributed by atoms with E-state index in [9.17, 15) is 4.79 Å². The Balaban J connectivity index is 1.79. The molecule has 1 aromatic heterocycles. The number of carbonyl (C=O) groups is 1. The van der Waals surface area contributed by atoms with Crippen LogP contribution in [0.15, 0.2) is 60.8 Å². The molecule has 0 unspecified atom stereocenters. The molecule has 1 aliphatic rings. The van der Waals surface area contributed by atoms with E-state index in [2.05, 4.69) is 10.3 Å². The summed E-state index contributed by atoms with van der Waals surface area (Å²) < 4.78 is 16.3. The number of hydrogen-bond acceptors (Lipinski definition) is 6. The molecule has 2 heterocycles. The first kappa shape index (κ1) is 18.6. The van der Waals surface area contributed by atoms with Crippen molar-refractivity contribution in [1.82, 2.24) is 4.98 Å². The van der Waals surface area contributed by atoms with Crippen LogP contribution in [-0.2, 0) is 0 Å². The largest absolute Gasteiger partial charge is 0.493 e. The van der Waals surface area contributed by atoms with Crippen molar-refractivity contribution in [2.45, 2.75) is 6.17 Å². The van der Waals surface area contributed by atoms with Crippen LogP contribution in [0.5, 0.6) is 17.2 Å². The molecule has 1 aliphatic heterocycles. The van der Waals surface area contributed by atoms with Gasteiger partial charge in [0.2, 0.25) is 5.75 Å². The van der Waals surface area contributed by atoms with Crippen molar-refractivity contribution in [3.05, 3.63) is 72.1 Å². The van der Waals surface area contributed by atoms with E-state index in [1.807, 2.05) is 30.3 Å². The van der Waals surface area contributed by atoms with Crippen LogP contribution in [0.3, 0.4) is 0 Å². The smallest absolute Gasteiger partial charge is 0.262 e. The van der Waals surface area contributed by atoms with Crippen LogP contribution in [0, 0.1) is 0 Å². The molecule has 0 bridgehead atoms.